The van der Waals surface area contributed by atoms with Crippen molar-refractivity contribution in [3.8, 4) is 0 Å². The topological polar surface area (TPSA) is 53.5 Å². The van der Waals surface area contributed by atoms with Crippen molar-refractivity contribution in [2.45, 2.75) is 32.9 Å². The van der Waals surface area contributed by atoms with E-state index in [1.807, 2.05) is 47.4 Å². The Hall–Kier alpha value is -2.69. The fraction of sp³-hybridized carbons (Fsp3) is 0.350. The van der Waals surface area contributed by atoms with Gasteiger partial charge in [-0.1, -0.05) is 37.6 Å². The van der Waals surface area contributed by atoms with Crippen molar-refractivity contribution in [2.24, 2.45) is 0 Å². The summed E-state index contributed by atoms with van der Waals surface area (Å²) < 4.78 is 0. The van der Waals surface area contributed by atoms with Crippen LogP contribution in [0.25, 0.3) is 0 Å². The number of pyridine rings is 1. The molecule has 2 heterocycles. The molecule has 5 heteroatoms. The number of fused-ring (bicyclic) bond motifs is 1. The zero-order valence-electron chi connectivity index (χ0n) is 14.5. The molecule has 25 heavy (non-hydrogen) atoms. The minimum Gasteiger partial charge on any atom is -0.335 e. The highest BCUT2D eigenvalue weighted by Crippen LogP contribution is 2.22. The van der Waals surface area contributed by atoms with Crippen molar-refractivity contribution >= 4 is 11.8 Å². The molecular weight excluding hydrogens is 314 g/mol. The lowest BCUT2D eigenvalue weighted by molar-refractivity contribution is -0.132. The van der Waals surface area contributed by atoms with Crippen LogP contribution in [-0.4, -0.2) is 39.7 Å². The highest BCUT2D eigenvalue weighted by molar-refractivity contribution is 6.00. The van der Waals surface area contributed by atoms with Crippen molar-refractivity contribution in [3.05, 3.63) is 65.5 Å². The zero-order valence-corrected chi connectivity index (χ0v) is 14.5. The maximum Gasteiger partial charge on any atom is 0.254 e. The summed E-state index contributed by atoms with van der Waals surface area (Å²) in [5.74, 6) is -0.0857. The van der Waals surface area contributed by atoms with E-state index >= 15 is 0 Å². The number of benzene rings is 1. The number of nitrogens with zero attached hydrogens (tertiary/aromatic N) is 3. The van der Waals surface area contributed by atoms with E-state index in [9.17, 15) is 9.59 Å². The van der Waals surface area contributed by atoms with Gasteiger partial charge in [0.05, 0.1) is 12.2 Å². The van der Waals surface area contributed by atoms with Gasteiger partial charge in [0, 0.05) is 24.8 Å². The first-order valence-corrected chi connectivity index (χ1v) is 8.74. The first kappa shape index (κ1) is 17.1. The minimum absolute atomic E-state index is 0.0275. The molecule has 0 spiro atoms. The van der Waals surface area contributed by atoms with Crippen LogP contribution in [-0.2, 0) is 17.9 Å². The third-order valence-corrected chi connectivity index (χ3v) is 4.44. The highest BCUT2D eigenvalue weighted by atomic mass is 16.2. The van der Waals surface area contributed by atoms with Crippen LogP contribution in [0.4, 0.5) is 0 Å². The summed E-state index contributed by atoms with van der Waals surface area (Å²) in [6.45, 7) is 3.88. The Morgan fingerprint density at radius 1 is 1.20 bits per heavy atom. The van der Waals surface area contributed by atoms with Crippen LogP contribution in [0.2, 0.25) is 0 Å². The number of aromatic nitrogens is 1. The summed E-state index contributed by atoms with van der Waals surface area (Å²) in [5.41, 5.74) is 2.56. The van der Waals surface area contributed by atoms with Crippen LogP contribution in [0.1, 0.15) is 41.4 Å². The van der Waals surface area contributed by atoms with E-state index in [4.69, 9.17) is 0 Å². The molecular formula is C20H23N3O2. The van der Waals surface area contributed by atoms with E-state index in [2.05, 4.69) is 11.9 Å². The highest BCUT2D eigenvalue weighted by Gasteiger charge is 2.29. The number of hydrogen-bond donors (Lipinski definition) is 0. The van der Waals surface area contributed by atoms with Crippen molar-refractivity contribution in [1.82, 2.24) is 14.8 Å². The molecule has 2 aromatic rings. The number of rotatable bonds is 7. The first-order chi connectivity index (χ1) is 12.2. The third-order valence-electron chi connectivity index (χ3n) is 4.44. The number of carbonyl (C=O) groups is 2. The normalized spacial score (nSPS) is 13.0. The Morgan fingerprint density at radius 3 is 2.72 bits per heavy atom. The van der Waals surface area contributed by atoms with Crippen molar-refractivity contribution in [1.29, 1.82) is 0 Å². The summed E-state index contributed by atoms with van der Waals surface area (Å²) in [4.78, 5) is 33.0. The maximum atomic E-state index is 12.8. The quantitative estimate of drug-likeness (QED) is 0.781. The molecule has 5 nitrogen and oxygen atoms in total. The summed E-state index contributed by atoms with van der Waals surface area (Å²) in [6.07, 6.45) is 3.69. The number of carbonyl (C=O) groups excluding carboxylic acids is 2. The lowest BCUT2D eigenvalue weighted by Gasteiger charge is -2.25. The van der Waals surface area contributed by atoms with Gasteiger partial charge in [0.1, 0.15) is 6.54 Å². The van der Waals surface area contributed by atoms with Crippen LogP contribution in [0.5, 0.6) is 0 Å². The molecule has 0 fully saturated rings. The van der Waals surface area contributed by atoms with Gasteiger partial charge >= 0.3 is 0 Å². The monoisotopic (exact) mass is 337 g/mol. The van der Waals surface area contributed by atoms with Gasteiger partial charge in [-0.15, -0.1) is 0 Å². The summed E-state index contributed by atoms with van der Waals surface area (Å²) >= 11 is 0. The Balaban J connectivity index is 1.67. The van der Waals surface area contributed by atoms with E-state index in [0.29, 0.717) is 25.2 Å². The largest absolute Gasteiger partial charge is 0.335 e. The van der Waals surface area contributed by atoms with E-state index in [1.165, 1.54) is 0 Å². The number of amides is 2. The Kier molecular flexibility index (Phi) is 5.43. The lowest BCUT2D eigenvalue weighted by Crippen LogP contribution is -2.40. The second-order valence-corrected chi connectivity index (χ2v) is 6.31. The summed E-state index contributed by atoms with van der Waals surface area (Å²) in [6, 6.07) is 13.3. The average Bonchev–Trinajstić information content (AvgIpc) is 2.95. The molecule has 0 radical (unpaired) electrons. The molecule has 0 saturated carbocycles. The predicted octanol–water partition coefficient (Wildman–Crippen LogP) is 2.87. The van der Waals surface area contributed by atoms with E-state index in [0.717, 1.165) is 24.1 Å². The Morgan fingerprint density at radius 2 is 2.00 bits per heavy atom. The molecule has 0 bridgehead atoms. The van der Waals surface area contributed by atoms with Gasteiger partial charge in [0.2, 0.25) is 5.91 Å². The van der Waals surface area contributed by atoms with Crippen LogP contribution >= 0.6 is 0 Å². The molecule has 1 aliphatic rings. The van der Waals surface area contributed by atoms with E-state index in [-0.39, 0.29) is 18.4 Å². The minimum atomic E-state index is -0.0581. The van der Waals surface area contributed by atoms with Crippen molar-refractivity contribution in [2.75, 3.05) is 13.1 Å². The molecule has 0 N–H and O–H groups in total. The van der Waals surface area contributed by atoms with Gasteiger partial charge in [-0.25, -0.2) is 0 Å². The van der Waals surface area contributed by atoms with Crippen LogP contribution in [0.3, 0.4) is 0 Å². The second-order valence-electron chi connectivity index (χ2n) is 6.31. The third kappa shape index (κ3) is 4.05. The SMILES string of the molecule is CCCCN(Cc1ccccn1)C(=O)CN1Cc2ccccc2C1=O. The Bertz CT molecular complexity index is 746. The maximum absolute atomic E-state index is 12.8. The molecule has 1 aromatic heterocycles. The molecule has 1 aliphatic heterocycles. The van der Waals surface area contributed by atoms with Gasteiger partial charge in [-0.3, -0.25) is 14.6 Å². The van der Waals surface area contributed by atoms with Crippen LogP contribution in [0, 0.1) is 0 Å². The fourth-order valence-corrected chi connectivity index (χ4v) is 3.03. The molecule has 0 saturated heterocycles. The van der Waals surface area contributed by atoms with Gasteiger partial charge in [-0.2, -0.15) is 0 Å². The molecule has 2 amide bonds. The Labute approximate surface area is 148 Å². The fourth-order valence-electron chi connectivity index (χ4n) is 3.03. The van der Waals surface area contributed by atoms with E-state index < -0.39 is 0 Å². The van der Waals surface area contributed by atoms with Crippen LogP contribution < -0.4 is 0 Å². The van der Waals surface area contributed by atoms with Crippen LogP contribution in [0.15, 0.2) is 48.7 Å². The summed E-state index contributed by atoms with van der Waals surface area (Å²) in [5, 5.41) is 0. The smallest absolute Gasteiger partial charge is 0.254 e. The first-order valence-electron chi connectivity index (χ1n) is 8.74. The number of hydrogen-bond acceptors (Lipinski definition) is 3. The standard InChI is InChI=1S/C20H23N3O2/c1-2-3-12-22(14-17-9-6-7-11-21-17)19(24)15-23-13-16-8-4-5-10-18(16)20(23)25/h4-11H,2-3,12-15H2,1H3. The van der Waals surface area contributed by atoms with Crippen molar-refractivity contribution < 1.29 is 9.59 Å². The van der Waals surface area contributed by atoms with Gasteiger partial charge in [0.25, 0.3) is 5.91 Å². The summed E-state index contributed by atoms with van der Waals surface area (Å²) in [7, 11) is 0. The van der Waals surface area contributed by atoms with E-state index in [1.54, 1.807) is 11.1 Å². The van der Waals surface area contributed by atoms with Gasteiger partial charge < -0.3 is 9.80 Å². The molecule has 0 unspecified atom stereocenters. The van der Waals surface area contributed by atoms with Gasteiger partial charge in [0.15, 0.2) is 0 Å². The van der Waals surface area contributed by atoms with Gasteiger partial charge in [-0.05, 0) is 30.2 Å². The molecule has 0 atom stereocenters. The zero-order chi connectivity index (χ0) is 17.6. The molecule has 3 rings (SSSR count). The number of unbranched alkanes of at least 4 members (excludes halogenated alkanes) is 1. The molecule has 130 valence electrons. The molecule has 0 aliphatic carbocycles. The average molecular weight is 337 g/mol. The van der Waals surface area contributed by atoms with Crippen molar-refractivity contribution in [3.63, 3.8) is 0 Å². The second kappa shape index (κ2) is 7.92. The lowest BCUT2D eigenvalue weighted by atomic mass is 10.1. The molecule has 1 aromatic carbocycles. The predicted molar refractivity (Wildman–Crippen MR) is 95.7 cm³/mol.